The average Bonchev–Trinajstić information content (AvgIpc) is 3.37. The predicted molar refractivity (Wildman–Crippen MR) is 276 cm³/mol. The van der Waals surface area contributed by atoms with E-state index < -0.39 is 8.07 Å². The van der Waals surface area contributed by atoms with Crippen LogP contribution in [0.2, 0.25) is 19.6 Å². The lowest BCUT2D eigenvalue weighted by molar-refractivity contribution is 1.32. The van der Waals surface area contributed by atoms with Gasteiger partial charge in [0, 0.05) is 11.1 Å². The van der Waals surface area contributed by atoms with E-state index in [1.165, 1.54) is 71.9 Å². The Hall–Kier alpha value is -7.65. The van der Waals surface area contributed by atoms with Crippen LogP contribution < -0.4 is 5.19 Å². The van der Waals surface area contributed by atoms with Gasteiger partial charge in [-0.2, -0.15) is 0 Å². The largest absolute Gasteiger partial charge is 0.248 e. The van der Waals surface area contributed by atoms with Crippen LogP contribution in [0.3, 0.4) is 0 Å². The normalized spacial score (nSPS) is 11.4. The van der Waals surface area contributed by atoms with Gasteiger partial charge in [-0.3, -0.25) is 0 Å². The fraction of sp³-hybridized carbons (Fsp3) is 0.0484. The van der Waals surface area contributed by atoms with Crippen molar-refractivity contribution in [2.75, 3.05) is 0 Å². The van der Waals surface area contributed by atoms with E-state index >= 15 is 0 Å². The maximum absolute atomic E-state index is 5.33. The second-order valence-electron chi connectivity index (χ2n) is 17.7. The molecule has 0 aliphatic heterocycles. The zero-order chi connectivity index (χ0) is 43.5. The minimum Gasteiger partial charge on any atom is -0.248 e. The first-order valence-corrected chi connectivity index (χ1v) is 25.7. The standard InChI is InChI=1S/C62H49NSi/c1-64(2,3)60-35-33-47(34-36-60)50-20-11-24-54(38-50)56-26-12-25-55(39-56)53-23-10-19-49(37-53)46-29-31-48(32-30-46)59-42-61(57-27-13-21-51(40-57)44-15-6-4-7-16-44)63-62(43-59)58-28-14-22-52(41-58)45-17-8-5-9-18-45/h4-43H,1-3H3. The number of pyridine rings is 1. The lowest BCUT2D eigenvalue weighted by Gasteiger charge is -2.17. The second-order valence-corrected chi connectivity index (χ2v) is 22.7. The molecule has 1 nitrogen and oxygen atoms in total. The fourth-order valence-electron chi connectivity index (χ4n) is 8.62. The van der Waals surface area contributed by atoms with Crippen LogP contribution in [0.1, 0.15) is 0 Å². The third-order valence-electron chi connectivity index (χ3n) is 12.2. The molecule has 0 amide bonds. The zero-order valence-electron chi connectivity index (χ0n) is 36.5. The number of nitrogens with zero attached hydrogens (tertiary/aromatic N) is 1. The summed E-state index contributed by atoms with van der Waals surface area (Å²) in [6, 6.07) is 88.0. The molecule has 0 fully saturated rings. The van der Waals surface area contributed by atoms with E-state index in [1.807, 2.05) is 0 Å². The molecular weight excluding hydrogens is 787 g/mol. The van der Waals surface area contributed by atoms with Crippen LogP contribution in [-0.2, 0) is 0 Å². The molecular formula is C62H49NSi. The predicted octanol–water partition coefficient (Wildman–Crippen LogP) is 16.6. The maximum Gasteiger partial charge on any atom is 0.0775 e. The van der Waals surface area contributed by atoms with Gasteiger partial charge in [-0.15, -0.1) is 0 Å². The van der Waals surface area contributed by atoms with Gasteiger partial charge in [0.05, 0.1) is 19.5 Å². The average molecular weight is 836 g/mol. The van der Waals surface area contributed by atoms with E-state index in [1.54, 1.807) is 0 Å². The Kier molecular flexibility index (Phi) is 11.1. The zero-order valence-corrected chi connectivity index (χ0v) is 37.5. The Bertz CT molecular complexity index is 3110. The Labute approximate surface area is 379 Å². The summed E-state index contributed by atoms with van der Waals surface area (Å²) < 4.78 is 0. The summed E-state index contributed by atoms with van der Waals surface area (Å²) in [5, 5.41) is 1.48. The van der Waals surface area contributed by atoms with Crippen LogP contribution in [0.4, 0.5) is 0 Å². The molecule has 2 heteroatoms. The van der Waals surface area contributed by atoms with Crippen molar-refractivity contribution in [3.05, 3.63) is 243 Å². The van der Waals surface area contributed by atoms with Gasteiger partial charge in [0.25, 0.3) is 0 Å². The Morgan fingerprint density at radius 2 is 0.469 bits per heavy atom. The lowest BCUT2D eigenvalue weighted by Crippen LogP contribution is -2.37. The van der Waals surface area contributed by atoms with Crippen LogP contribution >= 0.6 is 0 Å². The van der Waals surface area contributed by atoms with Crippen molar-refractivity contribution in [1.29, 1.82) is 0 Å². The molecule has 0 unspecified atom stereocenters. The van der Waals surface area contributed by atoms with E-state index in [0.717, 1.165) is 33.6 Å². The van der Waals surface area contributed by atoms with Crippen molar-refractivity contribution in [3.63, 3.8) is 0 Å². The Morgan fingerprint density at radius 1 is 0.219 bits per heavy atom. The van der Waals surface area contributed by atoms with Crippen molar-refractivity contribution in [2.24, 2.45) is 0 Å². The highest BCUT2D eigenvalue weighted by molar-refractivity contribution is 6.88. The number of hydrogen-bond acceptors (Lipinski definition) is 1. The molecule has 0 radical (unpaired) electrons. The molecule has 0 N–H and O–H groups in total. The monoisotopic (exact) mass is 835 g/mol. The summed E-state index contributed by atoms with van der Waals surface area (Å²) in [4.78, 5) is 5.33. The molecule has 10 aromatic rings. The second kappa shape index (κ2) is 17.6. The third-order valence-corrected chi connectivity index (χ3v) is 14.3. The van der Waals surface area contributed by atoms with E-state index in [4.69, 9.17) is 4.98 Å². The molecule has 10 rings (SSSR count). The first-order valence-electron chi connectivity index (χ1n) is 22.2. The van der Waals surface area contributed by atoms with Crippen molar-refractivity contribution in [3.8, 4) is 100 Å². The molecule has 9 aromatic carbocycles. The topological polar surface area (TPSA) is 12.9 Å². The molecule has 0 atom stereocenters. The molecule has 0 bridgehead atoms. The lowest BCUT2D eigenvalue weighted by atomic mass is 9.94. The van der Waals surface area contributed by atoms with Crippen LogP contribution in [0.5, 0.6) is 0 Å². The molecule has 0 aliphatic rings. The van der Waals surface area contributed by atoms with Gasteiger partial charge in [0.15, 0.2) is 0 Å². The summed E-state index contributed by atoms with van der Waals surface area (Å²) in [6.07, 6.45) is 0. The van der Waals surface area contributed by atoms with E-state index in [2.05, 4.69) is 262 Å². The molecule has 306 valence electrons. The van der Waals surface area contributed by atoms with Crippen molar-refractivity contribution >= 4 is 13.3 Å². The molecule has 0 spiro atoms. The van der Waals surface area contributed by atoms with Gasteiger partial charge in [-0.25, -0.2) is 4.98 Å². The summed E-state index contributed by atoms with van der Waals surface area (Å²) in [5.41, 5.74) is 20.7. The van der Waals surface area contributed by atoms with Gasteiger partial charge in [0.1, 0.15) is 0 Å². The highest BCUT2D eigenvalue weighted by Gasteiger charge is 2.16. The number of benzene rings is 9. The quantitative estimate of drug-likeness (QED) is 0.125. The Balaban J connectivity index is 0.960. The van der Waals surface area contributed by atoms with E-state index in [-0.39, 0.29) is 0 Å². The van der Waals surface area contributed by atoms with Gasteiger partial charge >= 0.3 is 0 Å². The summed E-state index contributed by atoms with van der Waals surface area (Å²) in [5.74, 6) is 0. The van der Waals surface area contributed by atoms with Gasteiger partial charge in [0.2, 0.25) is 0 Å². The maximum atomic E-state index is 5.33. The minimum absolute atomic E-state index is 0.942. The van der Waals surface area contributed by atoms with Crippen LogP contribution in [0, 0.1) is 0 Å². The summed E-state index contributed by atoms with van der Waals surface area (Å²) in [7, 11) is -1.35. The van der Waals surface area contributed by atoms with Gasteiger partial charge in [-0.05, 0) is 120 Å². The van der Waals surface area contributed by atoms with Crippen LogP contribution in [-0.4, -0.2) is 13.1 Å². The fourth-order valence-corrected chi connectivity index (χ4v) is 9.79. The SMILES string of the molecule is C[Si](C)(C)c1ccc(-c2cccc(-c3cccc(-c4cccc(-c5ccc(-c6cc(-c7cccc(-c8ccccc8)c7)nc(-c7cccc(-c8ccccc8)c7)c6)cc5)c4)c3)c2)cc1. The van der Waals surface area contributed by atoms with E-state index in [0.29, 0.717) is 0 Å². The first-order chi connectivity index (χ1) is 31.3. The molecule has 0 saturated carbocycles. The number of hydrogen-bond donors (Lipinski definition) is 0. The molecule has 1 heterocycles. The Morgan fingerprint density at radius 3 is 0.812 bits per heavy atom. The highest BCUT2D eigenvalue weighted by Crippen LogP contribution is 2.36. The first kappa shape index (κ1) is 40.4. The van der Waals surface area contributed by atoms with Crippen molar-refractivity contribution in [2.45, 2.75) is 19.6 Å². The molecule has 0 aliphatic carbocycles. The number of aromatic nitrogens is 1. The van der Waals surface area contributed by atoms with Crippen LogP contribution in [0.15, 0.2) is 243 Å². The van der Waals surface area contributed by atoms with Crippen molar-refractivity contribution < 1.29 is 0 Å². The van der Waals surface area contributed by atoms with E-state index in [9.17, 15) is 0 Å². The van der Waals surface area contributed by atoms with Gasteiger partial charge in [-0.1, -0.05) is 225 Å². The van der Waals surface area contributed by atoms with Crippen LogP contribution in [0.25, 0.3) is 100 Å². The van der Waals surface area contributed by atoms with Gasteiger partial charge < -0.3 is 0 Å². The summed E-state index contributed by atoms with van der Waals surface area (Å²) in [6.45, 7) is 7.20. The number of rotatable bonds is 10. The molecule has 0 saturated heterocycles. The smallest absolute Gasteiger partial charge is 0.0775 e. The minimum atomic E-state index is -1.35. The molecule has 1 aromatic heterocycles. The van der Waals surface area contributed by atoms with Crippen molar-refractivity contribution in [1.82, 2.24) is 4.98 Å². The third kappa shape index (κ3) is 8.83. The highest BCUT2D eigenvalue weighted by atomic mass is 28.3. The molecule has 64 heavy (non-hydrogen) atoms. The summed E-state index contributed by atoms with van der Waals surface area (Å²) >= 11 is 0.